The Morgan fingerprint density at radius 2 is 0.976 bits per heavy atom. The van der Waals surface area contributed by atoms with E-state index in [1.165, 1.54) is 9.80 Å². The molecule has 2 aromatic rings. The van der Waals surface area contributed by atoms with Crippen LogP contribution in [0.2, 0.25) is 0 Å². The molecule has 2 atom stereocenters. The molecule has 10 nitrogen and oxygen atoms in total. The van der Waals surface area contributed by atoms with Crippen LogP contribution in [0.25, 0.3) is 0 Å². The van der Waals surface area contributed by atoms with Gasteiger partial charge in [-0.15, -0.1) is 0 Å². The lowest BCUT2D eigenvalue weighted by Crippen LogP contribution is -2.41. The second-order valence-electron chi connectivity index (χ2n) is 10.6. The molecule has 0 aliphatic carbocycles. The lowest BCUT2D eigenvalue weighted by atomic mass is 9.89. The minimum atomic E-state index is -1.97. The molecule has 2 heterocycles. The van der Waals surface area contributed by atoms with E-state index in [0.29, 0.717) is 48.4 Å². The van der Waals surface area contributed by atoms with E-state index in [9.17, 15) is 39.6 Å². The first-order valence-corrected chi connectivity index (χ1v) is 13.5. The lowest BCUT2D eigenvalue weighted by Gasteiger charge is -2.23. The van der Waals surface area contributed by atoms with Gasteiger partial charge in [-0.05, 0) is 25.0 Å². The number of nitrogens with zero attached hydrogens (tertiary/aromatic N) is 2. The molecule has 0 saturated heterocycles. The summed E-state index contributed by atoms with van der Waals surface area (Å²) in [6.45, 7) is 7.67. The van der Waals surface area contributed by atoms with Gasteiger partial charge in [-0.2, -0.15) is 0 Å². The Kier molecular flexibility index (Phi) is 8.46. The van der Waals surface area contributed by atoms with Crippen molar-refractivity contribution < 1.29 is 39.6 Å². The molecule has 0 spiro atoms. The van der Waals surface area contributed by atoms with Crippen LogP contribution >= 0.6 is 0 Å². The third-order valence-electron chi connectivity index (χ3n) is 7.79. The Morgan fingerprint density at radius 3 is 1.34 bits per heavy atom. The summed E-state index contributed by atoms with van der Waals surface area (Å²) in [5.74, 6) is -3.66. The summed E-state index contributed by atoms with van der Waals surface area (Å²) < 4.78 is 0. The first kappa shape index (κ1) is 29.7. The number of aliphatic hydroxyl groups is 2. The van der Waals surface area contributed by atoms with Gasteiger partial charge in [0.2, 0.25) is 0 Å². The Bertz CT molecular complexity index is 1310. The monoisotopic (exact) mass is 562 g/mol. The van der Waals surface area contributed by atoms with Crippen LogP contribution in [0.4, 0.5) is 11.4 Å². The minimum absolute atomic E-state index is 0.248. The Labute approximate surface area is 237 Å². The zero-order valence-electron chi connectivity index (χ0n) is 22.7. The molecule has 4 N–H and O–H groups in total. The summed E-state index contributed by atoms with van der Waals surface area (Å²) in [7, 11) is 0. The van der Waals surface area contributed by atoms with Crippen LogP contribution in [0.15, 0.2) is 72.8 Å². The maximum absolute atomic E-state index is 13.2. The number of carbonyl (C=O) groups excluding carboxylic acids is 2. The first-order valence-electron chi connectivity index (χ1n) is 13.5. The second-order valence-corrected chi connectivity index (χ2v) is 10.6. The predicted molar refractivity (Wildman–Crippen MR) is 151 cm³/mol. The number of rotatable bonds is 14. The number of unbranched alkanes of at least 4 members (excludes halogenated alkanes) is 4. The standard InChI is InChI=1S/C31H34N2O8/c1-20(26(34)35)18-30(40)22-12-6-8-14-24(22)32(28(30)38)16-10-4-3-5-11-17-33-25-15-9-7-13-23(25)31(41,29(33)39)19-21(2)27(36)37/h6-9,12-15,40-41H,1-5,10-11,16-19H2,(H,34,35)(H,36,37). The quantitative estimate of drug-likeness (QED) is 0.202. The largest absolute Gasteiger partial charge is 0.478 e. The Hall–Kier alpha value is -4.28. The molecule has 0 bridgehead atoms. The fourth-order valence-corrected chi connectivity index (χ4v) is 5.64. The van der Waals surface area contributed by atoms with Crippen LogP contribution in [0.3, 0.4) is 0 Å². The van der Waals surface area contributed by atoms with E-state index in [4.69, 9.17) is 0 Å². The van der Waals surface area contributed by atoms with Gasteiger partial charge in [0, 0.05) is 48.2 Å². The van der Waals surface area contributed by atoms with E-state index in [1.54, 1.807) is 48.5 Å². The van der Waals surface area contributed by atoms with Gasteiger partial charge in [0.1, 0.15) is 0 Å². The lowest BCUT2D eigenvalue weighted by molar-refractivity contribution is -0.139. The number of hydrogen-bond acceptors (Lipinski definition) is 6. The highest BCUT2D eigenvalue weighted by atomic mass is 16.4. The molecule has 41 heavy (non-hydrogen) atoms. The number of hydrogen-bond donors (Lipinski definition) is 4. The van der Waals surface area contributed by atoms with E-state index < -0.39 is 47.8 Å². The summed E-state index contributed by atoms with van der Waals surface area (Å²) in [5.41, 5.74) is -2.58. The molecule has 0 aromatic heterocycles. The summed E-state index contributed by atoms with van der Waals surface area (Å²) in [4.78, 5) is 52.0. The number of anilines is 2. The molecule has 2 aliphatic rings. The van der Waals surface area contributed by atoms with Gasteiger partial charge in [-0.25, -0.2) is 9.59 Å². The predicted octanol–water partition coefficient (Wildman–Crippen LogP) is 3.47. The normalized spacial score (nSPS) is 21.1. The molecule has 2 unspecified atom stereocenters. The van der Waals surface area contributed by atoms with E-state index >= 15 is 0 Å². The van der Waals surface area contributed by atoms with Crippen LogP contribution in [0.5, 0.6) is 0 Å². The zero-order valence-corrected chi connectivity index (χ0v) is 22.7. The fourth-order valence-electron chi connectivity index (χ4n) is 5.64. The summed E-state index contributed by atoms with van der Waals surface area (Å²) >= 11 is 0. The maximum Gasteiger partial charge on any atom is 0.331 e. The molecular weight excluding hydrogens is 528 g/mol. The van der Waals surface area contributed by atoms with Crippen LogP contribution in [-0.4, -0.2) is 57.3 Å². The highest BCUT2D eigenvalue weighted by Gasteiger charge is 2.51. The van der Waals surface area contributed by atoms with Gasteiger partial charge >= 0.3 is 11.9 Å². The van der Waals surface area contributed by atoms with Crippen molar-refractivity contribution in [3.63, 3.8) is 0 Å². The minimum Gasteiger partial charge on any atom is -0.478 e. The van der Waals surface area contributed by atoms with Gasteiger partial charge in [0.15, 0.2) is 11.2 Å². The van der Waals surface area contributed by atoms with Crippen LogP contribution in [0.1, 0.15) is 56.1 Å². The molecular formula is C31H34N2O8. The van der Waals surface area contributed by atoms with Crippen LogP contribution in [0, 0.1) is 0 Å². The number of carbonyl (C=O) groups is 4. The molecule has 0 radical (unpaired) electrons. The summed E-state index contributed by atoms with van der Waals surface area (Å²) in [6, 6.07) is 13.6. The third-order valence-corrected chi connectivity index (χ3v) is 7.79. The smallest absolute Gasteiger partial charge is 0.331 e. The average Bonchev–Trinajstić information content (AvgIpc) is 3.28. The number of carboxylic acid groups (broad SMARTS) is 2. The van der Waals surface area contributed by atoms with Crippen molar-refractivity contribution in [1.29, 1.82) is 0 Å². The molecule has 2 amide bonds. The Balaban J connectivity index is 1.29. The van der Waals surface area contributed by atoms with E-state index in [0.717, 1.165) is 19.3 Å². The van der Waals surface area contributed by atoms with Crippen LogP contribution in [-0.2, 0) is 30.4 Å². The number of carboxylic acids is 2. The SMILES string of the molecule is C=C(CC1(O)C(=O)N(CCCCCCCN2C(=O)C(O)(CC(=C)C(=O)O)c3ccccc32)c2ccccc21)C(=O)O. The van der Waals surface area contributed by atoms with Gasteiger partial charge in [0.05, 0.1) is 11.4 Å². The number of benzene rings is 2. The molecule has 2 aliphatic heterocycles. The Morgan fingerprint density at radius 1 is 0.634 bits per heavy atom. The van der Waals surface area contributed by atoms with Crippen molar-refractivity contribution in [3.05, 3.63) is 84.0 Å². The van der Waals surface area contributed by atoms with Gasteiger partial charge in [-0.3, -0.25) is 9.59 Å². The average molecular weight is 563 g/mol. The topological polar surface area (TPSA) is 156 Å². The van der Waals surface area contributed by atoms with Gasteiger partial charge < -0.3 is 30.2 Å². The van der Waals surface area contributed by atoms with Crippen molar-refractivity contribution in [2.45, 2.75) is 56.1 Å². The van der Waals surface area contributed by atoms with Crippen molar-refractivity contribution in [2.75, 3.05) is 22.9 Å². The van der Waals surface area contributed by atoms with Crippen LogP contribution < -0.4 is 9.80 Å². The molecule has 216 valence electrons. The molecule has 4 rings (SSSR count). The molecule has 0 fully saturated rings. The molecule has 2 aromatic carbocycles. The zero-order chi connectivity index (χ0) is 29.9. The van der Waals surface area contributed by atoms with Crippen molar-refractivity contribution in [3.8, 4) is 0 Å². The molecule has 10 heteroatoms. The number of fused-ring (bicyclic) bond motifs is 2. The number of aliphatic carboxylic acids is 2. The number of amides is 2. The highest BCUT2D eigenvalue weighted by molar-refractivity contribution is 6.08. The van der Waals surface area contributed by atoms with Crippen molar-refractivity contribution in [1.82, 2.24) is 0 Å². The summed E-state index contributed by atoms with van der Waals surface area (Å²) in [5, 5.41) is 40.8. The summed E-state index contributed by atoms with van der Waals surface area (Å²) in [6.07, 6.45) is 2.88. The fraction of sp³-hybridized carbons (Fsp3) is 0.355. The van der Waals surface area contributed by atoms with Gasteiger partial charge in [-0.1, -0.05) is 68.8 Å². The van der Waals surface area contributed by atoms with Crippen molar-refractivity contribution in [2.24, 2.45) is 0 Å². The number of para-hydroxylation sites is 2. The third kappa shape index (κ3) is 5.53. The van der Waals surface area contributed by atoms with Crippen molar-refractivity contribution >= 4 is 35.1 Å². The molecule has 0 saturated carbocycles. The van der Waals surface area contributed by atoms with E-state index in [2.05, 4.69) is 13.2 Å². The highest BCUT2D eigenvalue weighted by Crippen LogP contribution is 2.45. The maximum atomic E-state index is 13.2. The first-order chi connectivity index (χ1) is 19.4. The van der Waals surface area contributed by atoms with E-state index in [-0.39, 0.29) is 11.1 Å². The van der Waals surface area contributed by atoms with Gasteiger partial charge in [0.25, 0.3) is 11.8 Å². The van der Waals surface area contributed by atoms with E-state index in [1.807, 2.05) is 0 Å². The second kappa shape index (κ2) is 11.7.